The number of carbonyl (C=O) groups is 2. The average molecular weight is 317 g/mol. The summed E-state index contributed by atoms with van der Waals surface area (Å²) in [6, 6.07) is 16.7. The minimum atomic E-state index is -0.282. The number of H-pyrrole nitrogens is 2. The largest absolute Gasteiger partial charge is 0.361 e. The van der Waals surface area contributed by atoms with E-state index in [0.717, 1.165) is 5.56 Å². The maximum atomic E-state index is 12.9. The van der Waals surface area contributed by atoms with E-state index in [1.54, 1.807) is 24.5 Å². The lowest BCUT2D eigenvalue weighted by Crippen LogP contribution is -2.31. The molecule has 1 aromatic carbocycles. The van der Waals surface area contributed by atoms with E-state index in [1.165, 1.54) is 4.90 Å². The molecule has 0 fully saturated rings. The molecule has 2 N–H and O–H groups in total. The fraction of sp³-hybridized carbons (Fsp3) is 0.0526. The van der Waals surface area contributed by atoms with Crippen molar-refractivity contribution in [3.05, 3.63) is 83.9 Å². The Balaban J connectivity index is 1.78. The second kappa shape index (κ2) is 5.70. The Hall–Kier alpha value is -3.34. The van der Waals surface area contributed by atoms with Gasteiger partial charge in [0.05, 0.1) is 29.1 Å². The number of aromatic nitrogens is 2. The van der Waals surface area contributed by atoms with Crippen LogP contribution in [0.15, 0.2) is 67.0 Å². The fourth-order valence-electron chi connectivity index (χ4n) is 2.96. The highest BCUT2D eigenvalue weighted by Crippen LogP contribution is 2.35. The summed E-state index contributed by atoms with van der Waals surface area (Å²) in [5, 5.41) is 0. The topological polar surface area (TPSA) is 69.0 Å². The Labute approximate surface area is 138 Å². The van der Waals surface area contributed by atoms with Crippen molar-refractivity contribution in [2.45, 2.75) is 6.54 Å². The molecular weight excluding hydrogens is 302 g/mol. The van der Waals surface area contributed by atoms with Crippen LogP contribution in [0.3, 0.4) is 0 Å². The molecule has 0 unspecified atom stereocenters. The molecule has 4 rings (SSSR count). The number of hydrogen-bond donors (Lipinski definition) is 2. The van der Waals surface area contributed by atoms with E-state index in [9.17, 15) is 9.59 Å². The van der Waals surface area contributed by atoms with Crippen molar-refractivity contribution in [3.8, 4) is 0 Å². The lowest BCUT2D eigenvalue weighted by atomic mass is 10.0. The second-order valence-electron chi connectivity index (χ2n) is 5.60. The zero-order valence-corrected chi connectivity index (χ0v) is 12.8. The van der Waals surface area contributed by atoms with Crippen LogP contribution in [0.25, 0.3) is 11.1 Å². The summed E-state index contributed by atoms with van der Waals surface area (Å²) < 4.78 is 0. The van der Waals surface area contributed by atoms with Gasteiger partial charge >= 0.3 is 0 Å². The van der Waals surface area contributed by atoms with Gasteiger partial charge in [-0.2, -0.15) is 0 Å². The SMILES string of the molecule is O=C1C(c2ccc[nH]2)=C(c2ccc[nH]2)C(=O)N1Cc1ccccc1. The van der Waals surface area contributed by atoms with Crippen molar-refractivity contribution in [3.63, 3.8) is 0 Å². The molecule has 24 heavy (non-hydrogen) atoms. The second-order valence-corrected chi connectivity index (χ2v) is 5.60. The Morgan fingerprint density at radius 1 is 0.708 bits per heavy atom. The summed E-state index contributed by atoms with van der Waals surface area (Å²) in [4.78, 5) is 33.2. The number of carbonyl (C=O) groups excluding carboxylic acids is 2. The molecule has 5 nitrogen and oxygen atoms in total. The number of rotatable bonds is 4. The first-order valence-corrected chi connectivity index (χ1v) is 7.67. The van der Waals surface area contributed by atoms with Crippen LogP contribution in [0.5, 0.6) is 0 Å². The predicted molar refractivity (Wildman–Crippen MR) is 90.4 cm³/mol. The maximum absolute atomic E-state index is 12.9. The van der Waals surface area contributed by atoms with E-state index < -0.39 is 0 Å². The molecule has 1 aliphatic rings. The first-order chi connectivity index (χ1) is 11.8. The lowest BCUT2D eigenvalue weighted by molar-refractivity contribution is -0.136. The van der Waals surface area contributed by atoms with Crippen LogP contribution in [-0.2, 0) is 16.1 Å². The Bertz CT molecular complexity index is 851. The smallest absolute Gasteiger partial charge is 0.264 e. The van der Waals surface area contributed by atoms with Gasteiger partial charge in [-0.3, -0.25) is 14.5 Å². The van der Waals surface area contributed by atoms with E-state index in [1.807, 2.05) is 42.5 Å². The highest BCUT2D eigenvalue weighted by Gasteiger charge is 2.40. The molecule has 0 bridgehead atoms. The number of nitrogens with one attached hydrogen (secondary N) is 2. The number of amides is 2. The van der Waals surface area contributed by atoms with Gasteiger partial charge in [-0.05, 0) is 29.8 Å². The molecule has 0 spiro atoms. The molecule has 5 heteroatoms. The van der Waals surface area contributed by atoms with Gasteiger partial charge in [0, 0.05) is 12.4 Å². The summed E-state index contributed by atoms with van der Waals surface area (Å²) >= 11 is 0. The van der Waals surface area contributed by atoms with Crippen LogP contribution >= 0.6 is 0 Å². The molecule has 0 aliphatic carbocycles. The van der Waals surface area contributed by atoms with Crippen molar-refractivity contribution in [1.82, 2.24) is 14.9 Å². The summed E-state index contributed by atoms with van der Waals surface area (Å²) in [5.74, 6) is -0.563. The zero-order chi connectivity index (χ0) is 16.5. The molecule has 1 aliphatic heterocycles. The van der Waals surface area contributed by atoms with Gasteiger partial charge in [0.25, 0.3) is 11.8 Å². The fourth-order valence-corrected chi connectivity index (χ4v) is 2.96. The number of aromatic amines is 2. The first-order valence-electron chi connectivity index (χ1n) is 7.67. The quantitative estimate of drug-likeness (QED) is 0.727. The van der Waals surface area contributed by atoms with Crippen LogP contribution in [0.4, 0.5) is 0 Å². The van der Waals surface area contributed by atoms with Crippen LogP contribution in [-0.4, -0.2) is 26.7 Å². The van der Waals surface area contributed by atoms with Gasteiger partial charge in [-0.15, -0.1) is 0 Å². The number of hydrogen-bond acceptors (Lipinski definition) is 2. The zero-order valence-electron chi connectivity index (χ0n) is 12.8. The lowest BCUT2D eigenvalue weighted by Gasteiger charge is -2.15. The average Bonchev–Trinajstić information content (AvgIpc) is 3.33. The van der Waals surface area contributed by atoms with Gasteiger partial charge in [-0.25, -0.2) is 0 Å². The number of imide groups is 1. The highest BCUT2D eigenvalue weighted by atomic mass is 16.2. The third-order valence-corrected chi connectivity index (χ3v) is 4.09. The van der Waals surface area contributed by atoms with Crippen LogP contribution in [0, 0.1) is 0 Å². The van der Waals surface area contributed by atoms with Crippen molar-refractivity contribution >= 4 is 23.0 Å². The summed E-state index contributed by atoms with van der Waals surface area (Å²) in [6.45, 7) is 0.257. The van der Waals surface area contributed by atoms with Gasteiger partial charge in [0.1, 0.15) is 0 Å². The Kier molecular flexibility index (Phi) is 3.39. The van der Waals surface area contributed by atoms with Gasteiger partial charge in [0.2, 0.25) is 0 Å². The van der Waals surface area contributed by atoms with E-state index in [2.05, 4.69) is 9.97 Å². The van der Waals surface area contributed by atoms with Crippen LogP contribution in [0.1, 0.15) is 17.0 Å². The molecule has 2 amide bonds. The minimum Gasteiger partial charge on any atom is -0.361 e. The van der Waals surface area contributed by atoms with Crippen molar-refractivity contribution < 1.29 is 9.59 Å². The van der Waals surface area contributed by atoms with E-state index >= 15 is 0 Å². The molecule has 0 atom stereocenters. The molecule has 0 saturated carbocycles. The molecular formula is C19H15N3O2. The Morgan fingerprint density at radius 3 is 1.71 bits per heavy atom. The molecule has 2 aromatic heterocycles. The van der Waals surface area contributed by atoms with Gasteiger partial charge < -0.3 is 9.97 Å². The van der Waals surface area contributed by atoms with Crippen molar-refractivity contribution in [1.29, 1.82) is 0 Å². The third kappa shape index (κ3) is 2.27. The molecule has 0 radical (unpaired) electrons. The van der Waals surface area contributed by atoms with E-state index in [4.69, 9.17) is 0 Å². The summed E-state index contributed by atoms with van der Waals surface area (Å²) in [6.07, 6.45) is 3.48. The summed E-state index contributed by atoms with van der Waals surface area (Å²) in [5.41, 5.74) is 3.02. The van der Waals surface area contributed by atoms with Crippen LogP contribution < -0.4 is 0 Å². The maximum Gasteiger partial charge on any atom is 0.264 e. The number of benzene rings is 1. The molecule has 0 saturated heterocycles. The monoisotopic (exact) mass is 317 g/mol. The molecule has 3 aromatic rings. The van der Waals surface area contributed by atoms with Crippen molar-refractivity contribution in [2.24, 2.45) is 0 Å². The van der Waals surface area contributed by atoms with Gasteiger partial charge in [0.15, 0.2) is 0 Å². The predicted octanol–water partition coefficient (Wildman–Crippen LogP) is 2.82. The van der Waals surface area contributed by atoms with E-state index in [-0.39, 0.29) is 18.4 Å². The van der Waals surface area contributed by atoms with Gasteiger partial charge in [-0.1, -0.05) is 30.3 Å². The molecule has 3 heterocycles. The summed E-state index contributed by atoms with van der Waals surface area (Å²) in [7, 11) is 0. The van der Waals surface area contributed by atoms with Crippen molar-refractivity contribution in [2.75, 3.05) is 0 Å². The molecule has 118 valence electrons. The van der Waals surface area contributed by atoms with Crippen LogP contribution in [0.2, 0.25) is 0 Å². The minimum absolute atomic E-state index is 0.257. The highest BCUT2D eigenvalue weighted by molar-refractivity contribution is 6.48. The standard InChI is InChI=1S/C19H15N3O2/c23-18-16(14-8-4-10-20-14)17(15-9-5-11-21-15)19(24)22(18)12-13-6-2-1-3-7-13/h1-11,20-21H,12H2. The number of nitrogens with zero attached hydrogens (tertiary/aromatic N) is 1. The Morgan fingerprint density at radius 2 is 1.25 bits per heavy atom. The first kappa shape index (κ1) is 14.3. The third-order valence-electron chi connectivity index (χ3n) is 4.09. The normalized spacial score (nSPS) is 14.8. The van der Waals surface area contributed by atoms with E-state index in [0.29, 0.717) is 22.5 Å².